The van der Waals surface area contributed by atoms with Gasteiger partial charge in [0.1, 0.15) is 11.5 Å². The minimum Gasteiger partial charge on any atom is -0.369 e. The van der Waals surface area contributed by atoms with Gasteiger partial charge in [-0.15, -0.1) is 0 Å². The minimum atomic E-state index is 0.805. The van der Waals surface area contributed by atoms with E-state index in [1.54, 1.807) is 12.4 Å². The molecule has 0 spiro atoms. The predicted octanol–water partition coefficient (Wildman–Crippen LogP) is 1.90. The number of hydrogen-bond donors (Lipinski definition) is 2. The van der Waals surface area contributed by atoms with E-state index in [0.717, 1.165) is 23.8 Å². The van der Waals surface area contributed by atoms with E-state index in [1.807, 2.05) is 25.3 Å². The van der Waals surface area contributed by atoms with Gasteiger partial charge in [0.15, 0.2) is 0 Å². The molecule has 0 unspecified atom stereocenters. The Morgan fingerprint density at radius 2 is 2.36 bits per heavy atom. The molecule has 4 heteroatoms. The van der Waals surface area contributed by atoms with Crippen molar-refractivity contribution in [2.45, 2.75) is 6.92 Å². The zero-order valence-electron chi connectivity index (χ0n) is 7.99. The van der Waals surface area contributed by atoms with Crippen molar-refractivity contribution in [2.75, 3.05) is 11.9 Å². The molecule has 0 fully saturated rings. The molecule has 2 rings (SSSR count). The Morgan fingerprint density at radius 1 is 1.43 bits per heavy atom. The summed E-state index contributed by atoms with van der Waals surface area (Å²) in [5.41, 5.74) is 1.84. The van der Waals surface area contributed by atoms with Crippen molar-refractivity contribution in [3.63, 3.8) is 0 Å². The van der Waals surface area contributed by atoms with Gasteiger partial charge in [-0.2, -0.15) is 0 Å². The molecular formula is C10H12N4. The lowest BCUT2D eigenvalue weighted by Gasteiger charge is -2.02. The van der Waals surface area contributed by atoms with Crippen molar-refractivity contribution in [1.82, 2.24) is 15.0 Å². The molecule has 2 heterocycles. The van der Waals surface area contributed by atoms with Crippen molar-refractivity contribution < 1.29 is 0 Å². The lowest BCUT2D eigenvalue weighted by Crippen LogP contribution is -2.00. The molecule has 0 amide bonds. The van der Waals surface area contributed by atoms with Gasteiger partial charge in [-0.05, 0) is 19.1 Å². The maximum atomic E-state index is 4.40. The molecule has 0 radical (unpaired) electrons. The summed E-state index contributed by atoms with van der Waals surface area (Å²) in [7, 11) is 0. The van der Waals surface area contributed by atoms with Crippen LogP contribution >= 0.6 is 0 Å². The summed E-state index contributed by atoms with van der Waals surface area (Å²) in [6.07, 6.45) is 5.33. The second-order valence-corrected chi connectivity index (χ2v) is 2.90. The molecule has 0 saturated carbocycles. The quantitative estimate of drug-likeness (QED) is 0.773. The van der Waals surface area contributed by atoms with E-state index in [9.17, 15) is 0 Å². The van der Waals surface area contributed by atoms with Crippen molar-refractivity contribution in [3.05, 3.63) is 30.7 Å². The number of H-pyrrole nitrogens is 1. The van der Waals surface area contributed by atoms with Gasteiger partial charge in [0, 0.05) is 12.7 Å². The Balaban J connectivity index is 2.31. The van der Waals surface area contributed by atoms with Crippen LogP contribution in [0, 0.1) is 0 Å². The molecule has 0 aliphatic heterocycles. The molecule has 2 aromatic rings. The molecule has 14 heavy (non-hydrogen) atoms. The maximum Gasteiger partial charge on any atom is 0.145 e. The molecule has 0 saturated heterocycles. The average molecular weight is 188 g/mol. The number of aromatic amines is 1. The van der Waals surface area contributed by atoms with Crippen molar-refractivity contribution in [1.29, 1.82) is 0 Å². The van der Waals surface area contributed by atoms with Crippen LogP contribution in [0.15, 0.2) is 30.7 Å². The van der Waals surface area contributed by atoms with Gasteiger partial charge in [-0.25, -0.2) is 4.98 Å². The number of rotatable bonds is 3. The number of nitrogens with zero attached hydrogens (tertiary/aromatic N) is 2. The lowest BCUT2D eigenvalue weighted by atomic mass is 10.3. The number of nitrogens with one attached hydrogen (secondary N) is 2. The van der Waals surface area contributed by atoms with Crippen LogP contribution in [-0.2, 0) is 0 Å². The highest BCUT2D eigenvalue weighted by Gasteiger charge is 2.00. The van der Waals surface area contributed by atoms with Crippen LogP contribution in [0.3, 0.4) is 0 Å². The van der Waals surface area contributed by atoms with E-state index in [4.69, 9.17) is 0 Å². The van der Waals surface area contributed by atoms with Crippen LogP contribution in [0.1, 0.15) is 6.92 Å². The minimum absolute atomic E-state index is 0.805. The fraction of sp³-hybridized carbons (Fsp3) is 0.200. The molecule has 0 aliphatic carbocycles. The highest BCUT2D eigenvalue weighted by Crippen LogP contribution is 2.14. The number of aromatic nitrogens is 3. The highest BCUT2D eigenvalue weighted by molar-refractivity contribution is 5.55. The van der Waals surface area contributed by atoms with Crippen LogP contribution in [0.2, 0.25) is 0 Å². The standard InChI is InChI=1S/C10H12N4/c1-2-12-10-7-11-6-9(14-10)8-4-3-5-13-8/h3-7,13H,2H2,1H3,(H,12,14). The summed E-state index contributed by atoms with van der Waals surface area (Å²) in [6, 6.07) is 3.91. The van der Waals surface area contributed by atoms with Crippen LogP contribution in [0.5, 0.6) is 0 Å². The lowest BCUT2D eigenvalue weighted by molar-refractivity contribution is 1.12. The monoisotopic (exact) mass is 188 g/mol. The zero-order chi connectivity index (χ0) is 9.80. The van der Waals surface area contributed by atoms with Gasteiger partial charge in [0.25, 0.3) is 0 Å². The first kappa shape index (κ1) is 8.74. The second kappa shape index (κ2) is 3.91. The van der Waals surface area contributed by atoms with Gasteiger partial charge in [0.2, 0.25) is 0 Å². The van der Waals surface area contributed by atoms with E-state index in [1.165, 1.54) is 0 Å². The fourth-order valence-corrected chi connectivity index (χ4v) is 1.25. The topological polar surface area (TPSA) is 53.6 Å². The van der Waals surface area contributed by atoms with Crippen molar-refractivity contribution >= 4 is 5.82 Å². The summed E-state index contributed by atoms with van der Waals surface area (Å²) in [5.74, 6) is 0.805. The van der Waals surface area contributed by atoms with Crippen LogP contribution in [0.4, 0.5) is 5.82 Å². The predicted molar refractivity (Wildman–Crippen MR) is 56.0 cm³/mol. The molecule has 0 atom stereocenters. The van der Waals surface area contributed by atoms with Gasteiger partial charge in [-0.1, -0.05) is 0 Å². The molecule has 0 aromatic carbocycles. The van der Waals surface area contributed by atoms with Crippen molar-refractivity contribution in [3.8, 4) is 11.4 Å². The Kier molecular flexibility index (Phi) is 2.44. The van der Waals surface area contributed by atoms with Crippen molar-refractivity contribution in [2.24, 2.45) is 0 Å². The van der Waals surface area contributed by atoms with E-state index < -0.39 is 0 Å². The summed E-state index contributed by atoms with van der Waals surface area (Å²) in [5, 5.41) is 3.12. The van der Waals surface area contributed by atoms with Gasteiger partial charge < -0.3 is 10.3 Å². The average Bonchev–Trinajstić information content (AvgIpc) is 2.71. The second-order valence-electron chi connectivity index (χ2n) is 2.90. The van der Waals surface area contributed by atoms with E-state index >= 15 is 0 Å². The SMILES string of the molecule is CCNc1cncc(-c2ccc[nH]2)n1. The maximum absolute atomic E-state index is 4.40. The smallest absolute Gasteiger partial charge is 0.145 e. The Hall–Kier alpha value is -1.84. The fourth-order valence-electron chi connectivity index (χ4n) is 1.25. The molecule has 72 valence electrons. The van der Waals surface area contributed by atoms with Crippen LogP contribution < -0.4 is 5.32 Å². The Morgan fingerprint density at radius 3 is 3.07 bits per heavy atom. The molecule has 0 bridgehead atoms. The van der Waals surface area contributed by atoms with E-state index in [2.05, 4.69) is 20.3 Å². The molecule has 2 aromatic heterocycles. The third kappa shape index (κ3) is 1.74. The normalized spacial score (nSPS) is 10.1. The summed E-state index contributed by atoms with van der Waals surface area (Å²) in [6.45, 7) is 2.88. The summed E-state index contributed by atoms with van der Waals surface area (Å²) >= 11 is 0. The summed E-state index contributed by atoms with van der Waals surface area (Å²) < 4.78 is 0. The highest BCUT2D eigenvalue weighted by atomic mass is 15.0. The van der Waals surface area contributed by atoms with Gasteiger partial charge in [-0.3, -0.25) is 4.98 Å². The number of hydrogen-bond acceptors (Lipinski definition) is 3. The first-order valence-corrected chi connectivity index (χ1v) is 4.60. The van der Waals surface area contributed by atoms with Crippen LogP contribution in [-0.4, -0.2) is 21.5 Å². The first-order valence-electron chi connectivity index (χ1n) is 4.60. The Labute approximate surface area is 82.4 Å². The van der Waals surface area contributed by atoms with Gasteiger partial charge in [0.05, 0.1) is 18.1 Å². The molecule has 4 nitrogen and oxygen atoms in total. The Bertz CT molecular complexity index is 394. The zero-order valence-corrected chi connectivity index (χ0v) is 7.99. The van der Waals surface area contributed by atoms with E-state index in [-0.39, 0.29) is 0 Å². The third-order valence-corrected chi connectivity index (χ3v) is 1.87. The first-order chi connectivity index (χ1) is 6.90. The molecular weight excluding hydrogens is 176 g/mol. The number of anilines is 1. The van der Waals surface area contributed by atoms with Gasteiger partial charge >= 0.3 is 0 Å². The molecule has 0 aliphatic rings. The van der Waals surface area contributed by atoms with Crippen LogP contribution in [0.25, 0.3) is 11.4 Å². The third-order valence-electron chi connectivity index (χ3n) is 1.87. The molecule has 2 N–H and O–H groups in total. The summed E-state index contributed by atoms with van der Waals surface area (Å²) in [4.78, 5) is 11.6. The van der Waals surface area contributed by atoms with E-state index in [0.29, 0.717) is 0 Å². The largest absolute Gasteiger partial charge is 0.369 e.